The molecule has 11 nitrogen and oxygen atoms in total. The van der Waals surface area contributed by atoms with Crippen molar-refractivity contribution in [2.45, 2.75) is 24.5 Å². The van der Waals surface area contributed by atoms with Crippen molar-refractivity contribution in [3.05, 3.63) is 46.9 Å². The third-order valence-electron chi connectivity index (χ3n) is 5.21. The van der Waals surface area contributed by atoms with Crippen LogP contribution in [0.2, 0.25) is 0 Å². The summed E-state index contributed by atoms with van der Waals surface area (Å²) in [6.45, 7) is 0.000465. The monoisotopic (exact) mass is 487 g/mol. The second-order valence-corrected chi connectivity index (χ2v) is 8.02. The molecule has 4 atom stereocenters. The maximum Gasteiger partial charge on any atom is 0.173 e. The van der Waals surface area contributed by atoms with Crippen LogP contribution in [-0.2, 0) is 4.74 Å². The van der Waals surface area contributed by atoms with E-state index in [0.717, 1.165) is 5.39 Å². The summed E-state index contributed by atoms with van der Waals surface area (Å²) in [5.74, 6) is 0.900. The van der Waals surface area contributed by atoms with E-state index in [1.807, 2.05) is 12.1 Å². The first kappa shape index (κ1) is 19.9. The zero-order valence-corrected chi connectivity index (χ0v) is 17.5. The number of halogens is 1. The summed E-state index contributed by atoms with van der Waals surface area (Å²) in [5, 5.41) is 29.8. The smallest absolute Gasteiger partial charge is 0.173 e. The van der Waals surface area contributed by atoms with E-state index in [9.17, 15) is 10.2 Å². The molecule has 1 fully saturated rings. The molecule has 4 heterocycles. The van der Waals surface area contributed by atoms with Gasteiger partial charge in [-0.2, -0.15) is 0 Å². The first-order valence-electron chi connectivity index (χ1n) is 9.37. The molecule has 0 spiro atoms. The number of rotatable bonds is 4. The number of anilines is 1. The second kappa shape index (κ2) is 7.57. The lowest BCUT2D eigenvalue weighted by Gasteiger charge is -2.18. The molecule has 1 aliphatic rings. The standard InChI is InChI=1S/C19H18BrN7O4/c20-10-3-8-1-2-9(4-11(8)26-16(10)21)30-5-12-14(28)15(29)19(31-12)27-7-25-17(22)13-18(27)24-6-23-13/h1-4,6-7,12,14-15,19,22,28-29H,5H2,(H2,21,26)(H,23,24)/t12-,14-,15-,19-/m1/s1. The van der Waals surface area contributed by atoms with Crippen molar-refractivity contribution in [2.75, 3.05) is 12.3 Å². The number of aromatic nitrogens is 5. The maximum atomic E-state index is 10.6. The highest BCUT2D eigenvalue weighted by Gasteiger charge is 2.44. The second-order valence-electron chi connectivity index (χ2n) is 7.17. The molecule has 0 bridgehead atoms. The summed E-state index contributed by atoms with van der Waals surface area (Å²) in [6.07, 6.45) is -1.36. The van der Waals surface area contributed by atoms with Gasteiger partial charge in [-0.15, -0.1) is 0 Å². The number of nitrogen functional groups attached to an aromatic ring is 1. The topological polar surface area (TPSA) is 168 Å². The SMILES string of the molecule is N=c1ncn([C@@H]2O[C@H](COc3ccc4cc(Br)c(N)nc4c3)[C@@H](O)[C@H]2O)c2nc[nH]c12. The van der Waals surface area contributed by atoms with Gasteiger partial charge in [0.15, 0.2) is 17.4 Å². The molecule has 5 rings (SSSR count). The minimum atomic E-state index is -1.23. The molecule has 4 aromatic rings. The van der Waals surface area contributed by atoms with Crippen LogP contribution in [0.4, 0.5) is 5.82 Å². The molecule has 160 valence electrons. The molecular formula is C19H18BrN7O4. The van der Waals surface area contributed by atoms with Gasteiger partial charge in [0.1, 0.15) is 48.3 Å². The Bertz CT molecular complexity index is 1340. The van der Waals surface area contributed by atoms with Gasteiger partial charge < -0.3 is 30.4 Å². The molecule has 0 amide bonds. The van der Waals surface area contributed by atoms with E-state index < -0.39 is 24.5 Å². The molecule has 12 heteroatoms. The molecular weight excluding hydrogens is 470 g/mol. The largest absolute Gasteiger partial charge is 0.491 e. The van der Waals surface area contributed by atoms with Gasteiger partial charge in [0.2, 0.25) is 0 Å². The molecule has 6 N–H and O–H groups in total. The number of hydrogen-bond acceptors (Lipinski definition) is 9. The number of aliphatic hydroxyl groups is 2. The molecule has 31 heavy (non-hydrogen) atoms. The van der Waals surface area contributed by atoms with Gasteiger partial charge in [0.25, 0.3) is 0 Å². The highest BCUT2D eigenvalue weighted by Crippen LogP contribution is 2.31. The van der Waals surface area contributed by atoms with Crippen LogP contribution in [-0.4, -0.2) is 59.6 Å². The fraction of sp³-hybridized carbons (Fsp3) is 0.263. The van der Waals surface area contributed by atoms with Crippen LogP contribution in [0, 0.1) is 5.41 Å². The fourth-order valence-corrected chi connectivity index (χ4v) is 3.92. The zero-order chi connectivity index (χ0) is 21.7. The summed E-state index contributed by atoms with van der Waals surface area (Å²) in [5.41, 5.74) is 7.33. The van der Waals surface area contributed by atoms with Gasteiger partial charge in [-0.25, -0.2) is 15.0 Å². The lowest BCUT2D eigenvalue weighted by atomic mass is 10.1. The summed E-state index contributed by atoms with van der Waals surface area (Å²) < 4.78 is 13.9. The number of benzene rings is 1. The Morgan fingerprint density at radius 2 is 2.10 bits per heavy atom. The van der Waals surface area contributed by atoms with Crippen molar-refractivity contribution in [1.82, 2.24) is 24.5 Å². The van der Waals surface area contributed by atoms with Crippen LogP contribution >= 0.6 is 15.9 Å². The van der Waals surface area contributed by atoms with Crippen LogP contribution in [0.1, 0.15) is 6.23 Å². The number of pyridine rings is 1. The third kappa shape index (κ3) is 3.43. The van der Waals surface area contributed by atoms with Gasteiger partial charge in [-0.3, -0.25) is 9.98 Å². The average Bonchev–Trinajstić information content (AvgIpc) is 3.35. The number of imidazole rings is 1. The highest BCUT2D eigenvalue weighted by molar-refractivity contribution is 9.10. The Hall–Kier alpha value is -3.06. The summed E-state index contributed by atoms with van der Waals surface area (Å²) in [7, 11) is 0. The van der Waals surface area contributed by atoms with E-state index in [0.29, 0.717) is 32.7 Å². The first-order valence-corrected chi connectivity index (χ1v) is 10.2. The highest BCUT2D eigenvalue weighted by atomic mass is 79.9. The molecule has 0 unspecified atom stereocenters. The minimum absolute atomic E-state index is 0.000465. The number of ether oxygens (including phenoxy) is 2. The molecule has 0 aliphatic carbocycles. The van der Waals surface area contributed by atoms with Crippen LogP contribution in [0.5, 0.6) is 5.75 Å². The van der Waals surface area contributed by atoms with Crippen molar-refractivity contribution in [3.8, 4) is 5.75 Å². The number of fused-ring (bicyclic) bond motifs is 2. The Kier molecular flexibility index (Phi) is 4.85. The Morgan fingerprint density at radius 3 is 2.94 bits per heavy atom. The lowest BCUT2D eigenvalue weighted by molar-refractivity contribution is -0.0479. The Labute approximate surface area is 183 Å². The van der Waals surface area contributed by atoms with E-state index in [-0.39, 0.29) is 12.1 Å². The van der Waals surface area contributed by atoms with E-state index in [1.165, 1.54) is 17.2 Å². The van der Waals surface area contributed by atoms with Crippen LogP contribution in [0.3, 0.4) is 0 Å². The lowest BCUT2D eigenvalue weighted by Crippen LogP contribution is -2.34. The fourth-order valence-electron chi connectivity index (χ4n) is 3.58. The maximum absolute atomic E-state index is 10.6. The molecule has 0 radical (unpaired) electrons. The predicted octanol–water partition coefficient (Wildman–Crippen LogP) is 0.830. The summed E-state index contributed by atoms with van der Waals surface area (Å²) in [6, 6.07) is 7.24. The first-order chi connectivity index (χ1) is 14.9. The number of aromatic amines is 1. The minimum Gasteiger partial charge on any atom is -0.491 e. The van der Waals surface area contributed by atoms with Crippen LogP contribution < -0.4 is 16.0 Å². The summed E-state index contributed by atoms with van der Waals surface area (Å²) >= 11 is 3.35. The van der Waals surface area contributed by atoms with Gasteiger partial charge in [0, 0.05) is 11.5 Å². The number of H-pyrrole nitrogens is 1. The molecule has 0 saturated carbocycles. The number of nitrogens with one attached hydrogen (secondary N) is 2. The molecule has 1 aromatic carbocycles. The zero-order valence-electron chi connectivity index (χ0n) is 15.9. The van der Waals surface area contributed by atoms with Crippen molar-refractivity contribution in [3.63, 3.8) is 0 Å². The Morgan fingerprint density at radius 1 is 1.26 bits per heavy atom. The van der Waals surface area contributed by atoms with E-state index in [2.05, 4.69) is 35.9 Å². The normalized spacial score (nSPS) is 23.6. The number of nitrogens with zero attached hydrogens (tertiary/aromatic N) is 4. The van der Waals surface area contributed by atoms with Gasteiger partial charge in [-0.1, -0.05) is 0 Å². The van der Waals surface area contributed by atoms with Crippen LogP contribution in [0.25, 0.3) is 22.1 Å². The van der Waals surface area contributed by atoms with Gasteiger partial charge in [-0.05, 0) is 34.1 Å². The average molecular weight is 488 g/mol. The number of nitrogens with two attached hydrogens (primary N) is 1. The van der Waals surface area contributed by atoms with Gasteiger partial charge in [0.05, 0.1) is 16.3 Å². The van der Waals surface area contributed by atoms with E-state index in [4.69, 9.17) is 20.6 Å². The predicted molar refractivity (Wildman–Crippen MR) is 113 cm³/mol. The third-order valence-corrected chi connectivity index (χ3v) is 5.84. The van der Waals surface area contributed by atoms with Crippen molar-refractivity contribution in [2.24, 2.45) is 0 Å². The Balaban J connectivity index is 1.35. The van der Waals surface area contributed by atoms with Crippen molar-refractivity contribution in [1.29, 1.82) is 5.41 Å². The summed E-state index contributed by atoms with van der Waals surface area (Å²) in [4.78, 5) is 15.3. The molecule has 1 aliphatic heterocycles. The number of aliphatic hydroxyl groups excluding tert-OH is 2. The van der Waals surface area contributed by atoms with Crippen molar-refractivity contribution < 1.29 is 19.7 Å². The molecule has 3 aromatic heterocycles. The van der Waals surface area contributed by atoms with E-state index in [1.54, 1.807) is 12.1 Å². The quantitative estimate of drug-likeness (QED) is 0.282. The number of hydrogen-bond donors (Lipinski definition) is 5. The van der Waals surface area contributed by atoms with Crippen molar-refractivity contribution >= 4 is 43.8 Å². The van der Waals surface area contributed by atoms with Crippen LogP contribution in [0.15, 0.2) is 41.4 Å². The van der Waals surface area contributed by atoms with Gasteiger partial charge >= 0.3 is 0 Å². The van der Waals surface area contributed by atoms with E-state index >= 15 is 0 Å². The molecule has 1 saturated heterocycles.